The van der Waals surface area contributed by atoms with E-state index in [1.807, 2.05) is 0 Å². The van der Waals surface area contributed by atoms with Crippen molar-refractivity contribution in [2.24, 2.45) is 17.3 Å². The predicted octanol–water partition coefficient (Wildman–Crippen LogP) is 1.12. The Kier molecular flexibility index (Phi) is 1.76. The highest BCUT2D eigenvalue weighted by molar-refractivity contribution is 5.79. The summed E-state index contributed by atoms with van der Waals surface area (Å²) in [5.74, 6) is 0.191. The van der Waals surface area contributed by atoms with Crippen molar-refractivity contribution in [3.05, 3.63) is 11.6 Å². The summed E-state index contributed by atoms with van der Waals surface area (Å²) in [7, 11) is 0. The van der Waals surface area contributed by atoms with E-state index in [9.17, 15) is 9.90 Å². The fourth-order valence-electron chi connectivity index (χ4n) is 3.11. The van der Waals surface area contributed by atoms with Gasteiger partial charge in [-0.3, -0.25) is 0 Å². The van der Waals surface area contributed by atoms with Gasteiger partial charge in [-0.15, -0.1) is 0 Å². The van der Waals surface area contributed by atoms with Gasteiger partial charge in [-0.2, -0.15) is 0 Å². The Hall–Kier alpha value is -0.790. The number of hydrogen-bond acceptors (Lipinski definition) is 2. The number of aliphatic carboxylic acids is 1. The smallest absolute Gasteiger partial charge is 0.0642 e. The Morgan fingerprint density at radius 1 is 1.54 bits per heavy atom. The molecule has 0 aromatic carbocycles. The molecule has 0 heterocycles. The average molecular weight is 179 g/mol. The summed E-state index contributed by atoms with van der Waals surface area (Å²) >= 11 is 0. The van der Waals surface area contributed by atoms with Crippen LogP contribution in [0.3, 0.4) is 0 Å². The van der Waals surface area contributed by atoms with Gasteiger partial charge >= 0.3 is 0 Å². The number of carboxylic acids is 1. The number of hydrogen-bond donors (Lipinski definition) is 0. The lowest BCUT2D eigenvalue weighted by Gasteiger charge is -2.32. The van der Waals surface area contributed by atoms with E-state index < -0.39 is 5.97 Å². The van der Waals surface area contributed by atoms with E-state index in [2.05, 4.69) is 13.8 Å². The predicted molar refractivity (Wildman–Crippen MR) is 47.7 cm³/mol. The van der Waals surface area contributed by atoms with Gasteiger partial charge in [-0.1, -0.05) is 19.4 Å². The molecule has 72 valence electrons. The van der Waals surface area contributed by atoms with E-state index in [1.165, 1.54) is 25.3 Å². The fourth-order valence-corrected chi connectivity index (χ4v) is 3.11. The number of carbonyl (C=O) groups excluding carboxylic acids is 1. The second-order valence-corrected chi connectivity index (χ2v) is 4.85. The lowest BCUT2D eigenvalue weighted by Crippen LogP contribution is -2.27. The van der Waals surface area contributed by atoms with Gasteiger partial charge < -0.3 is 9.90 Å². The van der Waals surface area contributed by atoms with Gasteiger partial charge in [0.05, 0.1) is 5.97 Å². The van der Waals surface area contributed by atoms with Crippen molar-refractivity contribution in [1.29, 1.82) is 0 Å². The Bertz CT molecular complexity index is 276. The Labute approximate surface area is 78.6 Å². The zero-order chi connectivity index (χ0) is 9.64. The molecule has 0 radical (unpaired) electrons. The highest BCUT2D eigenvalue weighted by Crippen LogP contribution is 2.58. The van der Waals surface area contributed by atoms with Crippen molar-refractivity contribution in [3.63, 3.8) is 0 Å². The number of rotatable bonds is 1. The van der Waals surface area contributed by atoms with Crippen molar-refractivity contribution < 1.29 is 9.90 Å². The standard InChI is InChI=1S/C11H16O2/c1-11(2)8-4-3-7(5-8)9(11)6-10(12)13/h6-8H,3-5H2,1-2H3,(H,12,13)/p-1/b9-6+/t7-,8-/m0/s1. The highest BCUT2D eigenvalue weighted by Gasteiger charge is 2.48. The van der Waals surface area contributed by atoms with Gasteiger partial charge in [-0.25, -0.2) is 0 Å². The topological polar surface area (TPSA) is 40.1 Å². The molecule has 2 heteroatoms. The van der Waals surface area contributed by atoms with Crippen molar-refractivity contribution in [2.45, 2.75) is 33.1 Å². The van der Waals surface area contributed by atoms with Crippen LogP contribution in [0.4, 0.5) is 0 Å². The molecule has 0 saturated heterocycles. The third kappa shape index (κ3) is 1.19. The zero-order valence-electron chi connectivity index (χ0n) is 8.17. The van der Waals surface area contributed by atoms with Crippen LogP contribution >= 0.6 is 0 Å². The quantitative estimate of drug-likeness (QED) is 0.566. The zero-order valence-corrected chi connectivity index (χ0v) is 8.17. The van der Waals surface area contributed by atoms with E-state index >= 15 is 0 Å². The largest absolute Gasteiger partial charge is 0.545 e. The normalized spacial score (nSPS) is 38.5. The fraction of sp³-hybridized carbons (Fsp3) is 0.727. The second kappa shape index (κ2) is 2.60. The Balaban J connectivity index is 2.34. The minimum atomic E-state index is -1.03. The van der Waals surface area contributed by atoms with Crippen molar-refractivity contribution in [1.82, 2.24) is 0 Å². The number of allylic oxidation sites excluding steroid dienone is 1. The number of carbonyl (C=O) groups is 1. The molecule has 0 amide bonds. The molecule has 2 aliphatic carbocycles. The first-order chi connectivity index (χ1) is 6.01. The van der Waals surface area contributed by atoms with Gasteiger partial charge in [0.15, 0.2) is 0 Å². The molecule has 0 aliphatic heterocycles. The van der Waals surface area contributed by atoms with E-state index in [4.69, 9.17) is 0 Å². The van der Waals surface area contributed by atoms with E-state index in [-0.39, 0.29) is 5.41 Å². The van der Waals surface area contributed by atoms with Crippen LogP contribution in [-0.4, -0.2) is 5.97 Å². The lowest BCUT2D eigenvalue weighted by atomic mass is 9.73. The Morgan fingerprint density at radius 2 is 2.23 bits per heavy atom. The molecule has 0 unspecified atom stereocenters. The van der Waals surface area contributed by atoms with E-state index in [1.54, 1.807) is 0 Å². The molecule has 0 aromatic heterocycles. The van der Waals surface area contributed by atoms with Crippen LogP contribution in [0.15, 0.2) is 11.6 Å². The molecule has 13 heavy (non-hydrogen) atoms. The first-order valence-electron chi connectivity index (χ1n) is 4.95. The third-order valence-electron chi connectivity index (χ3n) is 3.91. The molecule has 2 aliphatic rings. The highest BCUT2D eigenvalue weighted by atomic mass is 16.4. The molecular weight excluding hydrogens is 164 g/mol. The molecule has 0 aromatic rings. The van der Waals surface area contributed by atoms with Crippen LogP contribution < -0.4 is 5.11 Å². The molecule has 2 bridgehead atoms. The van der Waals surface area contributed by atoms with Crippen LogP contribution in [0.25, 0.3) is 0 Å². The van der Waals surface area contributed by atoms with Crippen LogP contribution in [-0.2, 0) is 4.79 Å². The van der Waals surface area contributed by atoms with Crippen molar-refractivity contribution in [3.8, 4) is 0 Å². The summed E-state index contributed by atoms with van der Waals surface area (Å²) < 4.78 is 0. The SMILES string of the molecule is CC1(C)/C(=C/C(=O)[O-])[C@H]2CC[C@H]1C2. The molecule has 0 spiro atoms. The summed E-state index contributed by atoms with van der Waals surface area (Å²) in [6, 6.07) is 0. The lowest BCUT2D eigenvalue weighted by molar-refractivity contribution is -0.297. The van der Waals surface area contributed by atoms with Crippen LogP contribution in [0.2, 0.25) is 0 Å². The molecule has 2 atom stereocenters. The summed E-state index contributed by atoms with van der Waals surface area (Å²) in [5.41, 5.74) is 1.21. The maximum atomic E-state index is 10.5. The number of fused-ring (bicyclic) bond motifs is 2. The molecule has 0 N–H and O–H groups in total. The minimum absolute atomic E-state index is 0.100. The summed E-state index contributed by atoms with van der Waals surface area (Å²) in [6.45, 7) is 4.32. The van der Waals surface area contributed by atoms with Gasteiger partial charge in [0.1, 0.15) is 0 Å². The van der Waals surface area contributed by atoms with Crippen molar-refractivity contribution >= 4 is 5.97 Å². The van der Waals surface area contributed by atoms with Gasteiger partial charge in [0.25, 0.3) is 0 Å². The first-order valence-corrected chi connectivity index (χ1v) is 4.95. The number of carboxylic acid groups (broad SMARTS) is 1. The van der Waals surface area contributed by atoms with Crippen LogP contribution in [0.1, 0.15) is 33.1 Å². The maximum absolute atomic E-state index is 10.5. The minimum Gasteiger partial charge on any atom is -0.545 e. The van der Waals surface area contributed by atoms with Crippen LogP contribution in [0, 0.1) is 17.3 Å². The summed E-state index contributed by atoms with van der Waals surface area (Å²) in [5, 5.41) is 10.5. The average Bonchev–Trinajstić information content (AvgIpc) is 2.53. The van der Waals surface area contributed by atoms with E-state index in [0.29, 0.717) is 11.8 Å². The molecule has 2 fully saturated rings. The van der Waals surface area contributed by atoms with E-state index in [0.717, 1.165) is 5.57 Å². The first kappa shape index (κ1) is 8.79. The summed E-state index contributed by atoms with van der Waals surface area (Å²) in [4.78, 5) is 10.5. The third-order valence-corrected chi connectivity index (χ3v) is 3.91. The monoisotopic (exact) mass is 179 g/mol. The Morgan fingerprint density at radius 3 is 2.69 bits per heavy atom. The van der Waals surface area contributed by atoms with Gasteiger partial charge in [-0.05, 0) is 42.6 Å². The van der Waals surface area contributed by atoms with Gasteiger partial charge in [0.2, 0.25) is 0 Å². The summed E-state index contributed by atoms with van der Waals surface area (Å²) in [6.07, 6.45) is 4.96. The van der Waals surface area contributed by atoms with Crippen molar-refractivity contribution in [2.75, 3.05) is 0 Å². The second-order valence-electron chi connectivity index (χ2n) is 4.85. The maximum Gasteiger partial charge on any atom is 0.0642 e. The molecule has 2 saturated carbocycles. The molecule has 2 nitrogen and oxygen atoms in total. The molecule has 2 rings (SSSR count). The molecular formula is C11H15O2-. The van der Waals surface area contributed by atoms with Crippen LogP contribution in [0.5, 0.6) is 0 Å². The van der Waals surface area contributed by atoms with Gasteiger partial charge in [0, 0.05) is 0 Å².